The summed E-state index contributed by atoms with van der Waals surface area (Å²) in [4.78, 5) is 85.6. The second-order valence-electron chi connectivity index (χ2n) is 16.6. The molecule has 27 nitrogen and oxygen atoms in total. The molecule has 28 heteroatoms. The van der Waals surface area contributed by atoms with E-state index in [0.717, 1.165) is 45.4 Å². The summed E-state index contributed by atoms with van der Waals surface area (Å²) < 4.78 is 99.7. The van der Waals surface area contributed by atoms with Crippen LogP contribution in [0.1, 0.15) is 59.5 Å². The number of fused-ring (bicyclic) bond motifs is 3. The summed E-state index contributed by atoms with van der Waals surface area (Å²) in [5, 5.41) is 6.01. The molecule has 0 bridgehead atoms. The minimum absolute atomic E-state index is 0.00764. The topological polar surface area (TPSA) is 333 Å². The van der Waals surface area contributed by atoms with E-state index in [-0.39, 0.29) is 82.1 Å². The van der Waals surface area contributed by atoms with Crippen molar-refractivity contribution in [1.82, 2.24) is 10.2 Å². The molecule has 6 rings (SSSR count). The van der Waals surface area contributed by atoms with Crippen molar-refractivity contribution in [3.05, 3.63) is 81.2 Å². The quantitative estimate of drug-likeness (QED) is 0.0301. The van der Waals surface area contributed by atoms with Crippen LogP contribution in [0.4, 0.5) is 5.69 Å². The molecule has 0 spiro atoms. The highest BCUT2D eigenvalue weighted by Gasteiger charge is 2.53. The minimum Gasteiger partial charge on any atom is -0.493 e. The molecule has 0 aliphatic carbocycles. The molecule has 3 aromatic carbocycles. The Balaban J connectivity index is 1.24. The number of amides is 2. The summed E-state index contributed by atoms with van der Waals surface area (Å²) in [6.07, 6.45) is -6.27. The largest absolute Gasteiger partial charge is 0.501 e. The summed E-state index contributed by atoms with van der Waals surface area (Å²) in [5.74, 6) is -5.27. The molecule has 3 aliphatic rings. The smallest absolute Gasteiger partial charge is 0.493 e. The lowest BCUT2D eigenvalue weighted by atomic mass is 9.94. The second kappa shape index (κ2) is 27.2. The van der Waals surface area contributed by atoms with E-state index < -0.39 is 95.0 Å². The Hall–Kier alpha value is -7.75. The molecule has 76 heavy (non-hydrogen) atoms. The molecule has 3 aliphatic heterocycles. The fourth-order valence-corrected chi connectivity index (χ4v) is 8.68. The lowest BCUT2D eigenvalue weighted by molar-refractivity contribution is -0.288. The Kier molecular flexibility index (Phi) is 20.6. The van der Waals surface area contributed by atoms with E-state index in [1.807, 2.05) is 0 Å². The van der Waals surface area contributed by atoms with E-state index in [1.54, 1.807) is 23.2 Å². The Bertz CT molecular complexity index is 2810. The maximum Gasteiger partial charge on any atom is 0.501 e. The Morgan fingerprint density at radius 1 is 0.763 bits per heavy atom. The van der Waals surface area contributed by atoms with Gasteiger partial charge in [0.15, 0.2) is 35.2 Å². The van der Waals surface area contributed by atoms with E-state index in [0.29, 0.717) is 29.2 Å². The molecule has 0 saturated carbocycles. The number of aliphatic imine (C=N–C) groups is 1. The number of ether oxygens (including phenoxy) is 11. The van der Waals surface area contributed by atoms with E-state index in [1.165, 1.54) is 38.5 Å². The lowest BCUT2D eigenvalue weighted by Gasteiger charge is -2.43. The second-order valence-corrected chi connectivity index (χ2v) is 17.8. The third-order valence-corrected chi connectivity index (χ3v) is 12.0. The molecule has 410 valence electrons. The van der Waals surface area contributed by atoms with Crippen molar-refractivity contribution in [2.45, 2.75) is 77.4 Å². The summed E-state index contributed by atoms with van der Waals surface area (Å²) in [5.41, 5.74) is 10.1. The molecule has 0 radical (unpaired) electrons. The molecule has 0 aromatic heterocycles. The molecule has 2 amide bonds. The molecule has 1 N–H and O–H groups in total. The van der Waals surface area contributed by atoms with Crippen LogP contribution in [0, 0.1) is 0 Å². The van der Waals surface area contributed by atoms with Gasteiger partial charge in [-0.05, 0) is 59.5 Å². The summed E-state index contributed by atoms with van der Waals surface area (Å²) in [6, 6.07) is 10.5. The number of nitrogens with one attached hydrogen (secondary N) is 1. The third-order valence-electron chi connectivity index (χ3n) is 11.2. The normalized spacial score (nSPS) is 19.4. The minimum atomic E-state index is -5.17. The molecule has 1 unspecified atom stereocenters. The highest BCUT2D eigenvalue weighted by atomic mass is 32.3. The van der Waals surface area contributed by atoms with E-state index in [4.69, 9.17) is 66.0 Å². The zero-order valence-corrected chi connectivity index (χ0v) is 43.0. The van der Waals surface area contributed by atoms with Gasteiger partial charge in [0.1, 0.15) is 18.5 Å². The predicted molar refractivity (Wildman–Crippen MR) is 260 cm³/mol. The van der Waals surface area contributed by atoms with Crippen LogP contribution in [0.25, 0.3) is 10.4 Å². The number of nitrogens with zero attached hydrogens (tertiary/aromatic N) is 5. The van der Waals surface area contributed by atoms with Gasteiger partial charge >= 0.3 is 34.3 Å². The molecular formula is C48H56N6O21S. The van der Waals surface area contributed by atoms with Crippen molar-refractivity contribution in [3.63, 3.8) is 0 Å². The zero-order chi connectivity index (χ0) is 54.9. The van der Waals surface area contributed by atoms with Crippen molar-refractivity contribution in [2.75, 3.05) is 73.6 Å². The van der Waals surface area contributed by atoms with Gasteiger partial charge in [0.25, 0.3) is 11.8 Å². The van der Waals surface area contributed by atoms with Gasteiger partial charge in [-0.2, -0.15) is 0 Å². The average Bonchev–Trinajstić information content (AvgIpc) is 3.51. The van der Waals surface area contributed by atoms with Crippen LogP contribution in [0.5, 0.6) is 28.7 Å². The van der Waals surface area contributed by atoms with Crippen molar-refractivity contribution >= 4 is 58.0 Å². The average molecular weight is 1090 g/mol. The Morgan fingerprint density at radius 3 is 2.09 bits per heavy atom. The maximum absolute atomic E-state index is 14.0. The number of carbonyl (C=O) groups is 6. The van der Waals surface area contributed by atoms with Gasteiger partial charge in [-0.1, -0.05) is 11.2 Å². The number of hydrogen-bond donors (Lipinski definition) is 1. The molecular weight excluding hydrogens is 1030 g/mol. The van der Waals surface area contributed by atoms with Gasteiger partial charge in [0, 0.05) is 70.1 Å². The predicted octanol–water partition coefficient (Wildman–Crippen LogP) is 3.24. The number of benzene rings is 3. The molecule has 3 heterocycles. The van der Waals surface area contributed by atoms with Crippen molar-refractivity contribution in [3.8, 4) is 28.7 Å². The standard InChI is InChI=1S/C48H56N6O21S/c1-27(55)68-26-42-43(69-28(2)56)44(70-29(3)57)45(71-30(4)58)48(73-42)72-38-10-8-32(46(59)50-11-13-65-15-17-67-18-16-66-14-12-52-53-49)21-41(38)75-76(61,62)74-35-9-7-31-19-34-24-51-37-23-40(64-6)39(63-5)22-36(37)47(60)54(34)25-33(31)20-35/h7-10,20-24,34,42-45,48H,11-19,25-26H2,1-6H3,(H,50,59)/t34-,42+,43-,44-,45+,48?/m0/s1. The maximum atomic E-state index is 14.0. The van der Waals surface area contributed by atoms with Crippen LogP contribution in [-0.4, -0.2) is 166 Å². The van der Waals surface area contributed by atoms with Crippen LogP contribution in [0.15, 0.2) is 58.6 Å². The number of rotatable bonds is 26. The highest BCUT2D eigenvalue weighted by molar-refractivity contribution is 7.82. The van der Waals surface area contributed by atoms with Crippen molar-refractivity contribution in [2.24, 2.45) is 10.1 Å². The van der Waals surface area contributed by atoms with Gasteiger partial charge in [0.05, 0.1) is 71.2 Å². The number of hydrogen-bond acceptors (Lipinski definition) is 23. The van der Waals surface area contributed by atoms with Crippen molar-refractivity contribution in [1.29, 1.82) is 0 Å². The zero-order valence-electron chi connectivity index (χ0n) is 42.2. The van der Waals surface area contributed by atoms with Crippen LogP contribution in [0.3, 0.4) is 0 Å². The summed E-state index contributed by atoms with van der Waals surface area (Å²) in [6.45, 7) is 5.02. The third kappa shape index (κ3) is 15.9. The lowest BCUT2D eigenvalue weighted by Crippen LogP contribution is -2.63. The number of esters is 4. The monoisotopic (exact) mass is 1080 g/mol. The van der Waals surface area contributed by atoms with Crippen LogP contribution in [0.2, 0.25) is 0 Å². The highest BCUT2D eigenvalue weighted by Crippen LogP contribution is 2.40. The first-order valence-corrected chi connectivity index (χ1v) is 24.7. The first-order valence-electron chi connectivity index (χ1n) is 23.4. The van der Waals surface area contributed by atoms with E-state index in [2.05, 4.69) is 20.3 Å². The molecule has 1 fully saturated rings. The van der Waals surface area contributed by atoms with Crippen molar-refractivity contribution < 1.29 is 97.7 Å². The van der Waals surface area contributed by atoms with E-state index >= 15 is 0 Å². The Labute approximate surface area is 435 Å². The summed E-state index contributed by atoms with van der Waals surface area (Å²) >= 11 is 0. The number of carbonyl (C=O) groups excluding carboxylic acids is 6. The van der Waals surface area contributed by atoms with Gasteiger partial charge in [-0.3, -0.25) is 33.8 Å². The number of methoxy groups -OCH3 is 2. The van der Waals surface area contributed by atoms with Gasteiger partial charge in [-0.25, -0.2) is 0 Å². The first kappa shape index (κ1) is 57.5. The first-order chi connectivity index (χ1) is 36.4. The number of azide groups is 1. The fourth-order valence-electron chi connectivity index (χ4n) is 7.96. The van der Waals surface area contributed by atoms with Gasteiger partial charge in [0.2, 0.25) is 12.4 Å². The SMILES string of the molecule is COc1cc2c(cc1OC)C(=O)N1Cc3cc(OS(=O)(=O)Oc4cc(C(=O)NCCOCCOCCOCCN=[N+]=[N-])ccc4OC4O[C@H](COC(C)=O)[C@H](OC(C)=O)[C@H](OC(C)=O)[C@H]4OC(C)=O)ccc3C[C@H]1C=N2. The summed E-state index contributed by atoms with van der Waals surface area (Å²) in [7, 11) is -2.27. The van der Waals surface area contributed by atoms with Crippen LogP contribution < -0.4 is 27.9 Å². The van der Waals surface area contributed by atoms with Crippen LogP contribution >= 0.6 is 0 Å². The molecule has 1 saturated heterocycles. The van der Waals surface area contributed by atoms with Gasteiger partial charge < -0.3 is 70.7 Å². The Morgan fingerprint density at radius 2 is 1.42 bits per heavy atom. The van der Waals surface area contributed by atoms with Crippen LogP contribution in [-0.2, 0) is 80.4 Å². The van der Waals surface area contributed by atoms with Gasteiger partial charge in [-0.15, -0.1) is 8.42 Å². The molecule has 3 aromatic rings. The fraction of sp³-hybridized carbons (Fsp3) is 0.479. The van der Waals surface area contributed by atoms with E-state index in [9.17, 15) is 37.2 Å². The molecule has 6 atom stereocenters.